The normalized spacial score (nSPS) is 27.7. The number of rotatable bonds is 2. The van der Waals surface area contributed by atoms with Gasteiger partial charge in [-0.1, -0.05) is 0 Å². The fourth-order valence-electron chi connectivity index (χ4n) is 3.63. The predicted octanol–water partition coefficient (Wildman–Crippen LogP) is 1.64. The highest BCUT2D eigenvalue weighted by Crippen LogP contribution is 2.40. The van der Waals surface area contributed by atoms with Crippen LogP contribution in [-0.4, -0.2) is 48.7 Å². The summed E-state index contributed by atoms with van der Waals surface area (Å²) in [6.07, 6.45) is 2.32. The second-order valence-electron chi connectivity index (χ2n) is 7.00. The molecule has 1 unspecified atom stereocenters. The van der Waals surface area contributed by atoms with Crippen LogP contribution >= 0.6 is 0 Å². The number of hydrogen-bond donors (Lipinski definition) is 1. The molecule has 6 nitrogen and oxygen atoms in total. The lowest BCUT2D eigenvalue weighted by atomic mass is 9.78. The SMILES string of the molecule is CC1(O)CCOC2(CCN(S(=O)(=O)c3ccc(C#N)cc3)CC2)C1. The van der Waals surface area contributed by atoms with Gasteiger partial charge in [-0.25, -0.2) is 8.42 Å². The smallest absolute Gasteiger partial charge is 0.243 e. The maximum absolute atomic E-state index is 12.7. The standard InChI is InChI=1S/C17H22N2O4S/c1-16(20)8-11-23-17(13-16)6-9-19(10-7-17)24(21,22)15-4-2-14(12-18)3-5-15/h2-5,20H,6-11,13H2,1H3. The van der Waals surface area contributed by atoms with Gasteiger partial charge in [0.15, 0.2) is 0 Å². The number of aliphatic hydroxyl groups is 1. The van der Waals surface area contributed by atoms with Crippen LogP contribution in [0.25, 0.3) is 0 Å². The van der Waals surface area contributed by atoms with Crippen LogP contribution in [0.15, 0.2) is 29.2 Å². The molecular weight excluding hydrogens is 328 g/mol. The summed E-state index contributed by atoms with van der Waals surface area (Å²) in [6, 6.07) is 7.96. The lowest BCUT2D eigenvalue weighted by Crippen LogP contribution is -2.54. The third kappa shape index (κ3) is 3.33. The van der Waals surface area contributed by atoms with Crippen molar-refractivity contribution < 1.29 is 18.3 Å². The van der Waals surface area contributed by atoms with Crippen molar-refractivity contribution in [3.8, 4) is 6.07 Å². The molecule has 0 aliphatic carbocycles. The first kappa shape index (κ1) is 17.4. The summed E-state index contributed by atoms with van der Waals surface area (Å²) in [5, 5.41) is 19.1. The van der Waals surface area contributed by atoms with E-state index in [1.165, 1.54) is 28.6 Å². The van der Waals surface area contributed by atoms with Gasteiger partial charge >= 0.3 is 0 Å². The quantitative estimate of drug-likeness (QED) is 0.876. The van der Waals surface area contributed by atoms with Gasteiger partial charge in [0.1, 0.15) is 0 Å². The monoisotopic (exact) mass is 350 g/mol. The maximum atomic E-state index is 12.7. The molecule has 2 fully saturated rings. The van der Waals surface area contributed by atoms with Crippen LogP contribution in [0, 0.1) is 11.3 Å². The largest absolute Gasteiger partial charge is 0.390 e. The molecule has 1 atom stereocenters. The highest BCUT2D eigenvalue weighted by atomic mass is 32.2. The molecule has 130 valence electrons. The van der Waals surface area contributed by atoms with Gasteiger partial charge in [0.2, 0.25) is 10.0 Å². The molecule has 2 aliphatic rings. The van der Waals surface area contributed by atoms with Crippen molar-refractivity contribution in [3.63, 3.8) is 0 Å². The molecule has 1 aromatic rings. The summed E-state index contributed by atoms with van der Waals surface area (Å²) in [6.45, 7) is 3.07. The Kier molecular flexibility index (Phi) is 4.43. The van der Waals surface area contributed by atoms with Gasteiger partial charge < -0.3 is 9.84 Å². The number of ether oxygens (including phenoxy) is 1. The first-order chi connectivity index (χ1) is 11.3. The van der Waals surface area contributed by atoms with E-state index in [4.69, 9.17) is 10.00 Å². The third-order valence-electron chi connectivity index (χ3n) is 5.01. The Morgan fingerprint density at radius 3 is 2.38 bits per heavy atom. The molecule has 2 heterocycles. The fourth-order valence-corrected chi connectivity index (χ4v) is 5.07. The van der Waals surface area contributed by atoms with E-state index < -0.39 is 21.2 Å². The van der Waals surface area contributed by atoms with Crippen LogP contribution in [-0.2, 0) is 14.8 Å². The van der Waals surface area contributed by atoms with E-state index in [-0.39, 0.29) is 4.90 Å². The van der Waals surface area contributed by atoms with Gasteiger partial charge in [0.05, 0.1) is 34.3 Å². The van der Waals surface area contributed by atoms with Crippen molar-refractivity contribution in [2.75, 3.05) is 19.7 Å². The summed E-state index contributed by atoms with van der Waals surface area (Å²) in [5.74, 6) is 0. The summed E-state index contributed by atoms with van der Waals surface area (Å²) in [7, 11) is -3.57. The van der Waals surface area contributed by atoms with E-state index in [9.17, 15) is 13.5 Å². The molecule has 24 heavy (non-hydrogen) atoms. The van der Waals surface area contributed by atoms with Crippen molar-refractivity contribution >= 4 is 10.0 Å². The Balaban J connectivity index is 1.72. The summed E-state index contributed by atoms with van der Waals surface area (Å²) in [5.41, 5.74) is -0.727. The molecule has 1 N–H and O–H groups in total. The Bertz CT molecular complexity index is 742. The fraction of sp³-hybridized carbons (Fsp3) is 0.588. The molecule has 1 spiro atoms. The molecule has 0 aromatic heterocycles. The summed E-state index contributed by atoms with van der Waals surface area (Å²) < 4.78 is 32.9. The number of piperidine rings is 1. The van der Waals surface area contributed by atoms with E-state index in [0.717, 1.165) is 0 Å². The van der Waals surface area contributed by atoms with Crippen LogP contribution in [0.3, 0.4) is 0 Å². The van der Waals surface area contributed by atoms with Gasteiger partial charge in [-0.2, -0.15) is 9.57 Å². The van der Waals surface area contributed by atoms with Crippen molar-refractivity contribution in [2.45, 2.75) is 48.7 Å². The van der Waals surface area contributed by atoms with Crippen LogP contribution in [0.1, 0.15) is 38.2 Å². The van der Waals surface area contributed by atoms with E-state index in [0.29, 0.717) is 50.9 Å². The minimum absolute atomic E-state index is 0.203. The molecule has 2 saturated heterocycles. The van der Waals surface area contributed by atoms with Gasteiger partial charge in [0, 0.05) is 19.5 Å². The highest BCUT2D eigenvalue weighted by molar-refractivity contribution is 7.89. The maximum Gasteiger partial charge on any atom is 0.243 e. The Morgan fingerprint density at radius 2 is 1.83 bits per heavy atom. The molecular formula is C17H22N2O4S. The number of sulfonamides is 1. The topological polar surface area (TPSA) is 90.6 Å². The van der Waals surface area contributed by atoms with Crippen molar-refractivity contribution in [1.82, 2.24) is 4.31 Å². The van der Waals surface area contributed by atoms with Crippen LogP contribution in [0.5, 0.6) is 0 Å². The van der Waals surface area contributed by atoms with Gasteiger partial charge in [-0.05, 0) is 50.5 Å². The molecule has 0 radical (unpaired) electrons. The van der Waals surface area contributed by atoms with Gasteiger partial charge in [0.25, 0.3) is 0 Å². The second-order valence-corrected chi connectivity index (χ2v) is 8.93. The molecule has 0 amide bonds. The molecule has 7 heteroatoms. The first-order valence-electron chi connectivity index (χ1n) is 8.13. The lowest BCUT2D eigenvalue weighted by Gasteiger charge is -2.47. The first-order valence-corrected chi connectivity index (χ1v) is 9.57. The zero-order valence-electron chi connectivity index (χ0n) is 13.7. The Hall–Kier alpha value is -1.46. The minimum atomic E-state index is -3.57. The number of benzene rings is 1. The van der Waals surface area contributed by atoms with E-state index in [1.807, 2.05) is 13.0 Å². The van der Waals surface area contributed by atoms with E-state index >= 15 is 0 Å². The van der Waals surface area contributed by atoms with E-state index in [2.05, 4.69) is 0 Å². The Labute approximate surface area is 142 Å². The third-order valence-corrected chi connectivity index (χ3v) is 6.92. The molecule has 1 aromatic carbocycles. The molecule has 3 rings (SSSR count). The molecule has 0 bridgehead atoms. The molecule has 2 aliphatic heterocycles. The zero-order valence-corrected chi connectivity index (χ0v) is 14.6. The summed E-state index contributed by atoms with van der Waals surface area (Å²) >= 11 is 0. The van der Waals surface area contributed by atoms with Crippen molar-refractivity contribution in [3.05, 3.63) is 29.8 Å². The summed E-state index contributed by atoms with van der Waals surface area (Å²) in [4.78, 5) is 0.203. The van der Waals surface area contributed by atoms with Crippen LogP contribution in [0.2, 0.25) is 0 Å². The molecule has 0 saturated carbocycles. The zero-order chi connectivity index (χ0) is 17.4. The van der Waals surface area contributed by atoms with E-state index in [1.54, 1.807) is 0 Å². The highest BCUT2D eigenvalue weighted by Gasteiger charge is 2.46. The average Bonchev–Trinajstić information content (AvgIpc) is 2.54. The number of hydrogen-bond acceptors (Lipinski definition) is 5. The van der Waals surface area contributed by atoms with Crippen LogP contribution in [0.4, 0.5) is 0 Å². The average molecular weight is 350 g/mol. The Morgan fingerprint density at radius 1 is 1.21 bits per heavy atom. The number of nitriles is 1. The number of nitrogens with zero attached hydrogens (tertiary/aromatic N) is 2. The minimum Gasteiger partial charge on any atom is -0.390 e. The van der Waals surface area contributed by atoms with Gasteiger partial charge in [-0.3, -0.25) is 0 Å². The second kappa shape index (κ2) is 6.12. The lowest BCUT2D eigenvalue weighted by molar-refractivity contribution is -0.168. The van der Waals surface area contributed by atoms with Crippen molar-refractivity contribution in [2.24, 2.45) is 0 Å². The predicted molar refractivity (Wildman–Crippen MR) is 87.7 cm³/mol. The van der Waals surface area contributed by atoms with Gasteiger partial charge in [-0.15, -0.1) is 0 Å². The van der Waals surface area contributed by atoms with Crippen LogP contribution < -0.4 is 0 Å². The van der Waals surface area contributed by atoms with Crippen molar-refractivity contribution in [1.29, 1.82) is 5.26 Å².